The number of aryl methyl sites for hydroxylation is 3. The number of hydrogen-bond acceptors (Lipinski definition) is 5. The molecule has 1 saturated heterocycles. The Balaban J connectivity index is 0.00000204. The number of pyridine rings is 1. The standard InChI is InChI=1S/C24H30N6O2.2ClH/c1-18-9-12-29(16-20-8-5-11-25-14-20)24(32)22(18)23(31)26-15-21-28-27-17-30(21)13-10-19-6-3-2-4-7-19;;/h2-4,6-7,9,12,17,20,25H,5,8,10-11,13-16H2,1H3,(H,26,31);2*1H. The van der Waals surface area contributed by atoms with Gasteiger partial charge in [-0.25, -0.2) is 0 Å². The van der Waals surface area contributed by atoms with E-state index in [1.54, 1.807) is 24.0 Å². The van der Waals surface area contributed by atoms with Crippen LogP contribution in [0.25, 0.3) is 0 Å². The second kappa shape index (κ2) is 13.3. The highest BCUT2D eigenvalue weighted by Gasteiger charge is 2.19. The van der Waals surface area contributed by atoms with Crippen LogP contribution < -0.4 is 16.2 Å². The average Bonchev–Trinajstić information content (AvgIpc) is 3.27. The summed E-state index contributed by atoms with van der Waals surface area (Å²) in [6.45, 7) is 5.29. The minimum Gasteiger partial charge on any atom is -0.345 e. The molecule has 2 N–H and O–H groups in total. The molecule has 1 unspecified atom stereocenters. The van der Waals surface area contributed by atoms with E-state index in [1.165, 1.54) is 5.56 Å². The number of halogens is 2. The number of aromatic nitrogens is 4. The monoisotopic (exact) mass is 506 g/mol. The molecule has 1 fully saturated rings. The fourth-order valence-corrected chi connectivity index (χ4v) is 4.19. The second-order valence-corrected chi connectivity index (χ2v) is 8.40. The van der Waals surface area contributed by atoms with Gasteiger partial charge in [-0.3, -0.25) is 9.59 Å². The maximum absolute atomic E-state index is 13.0. The third kappa shape index (κ3) is 6.91. The van der Waals surface area contributed by atoms with Gasteiger partial charge in [0.05, 0.1) is 6.54 Å². The molecular weight excluding hydrogens is 475 g/mol. The number of nitrogens with zero attached hydrogens (tertiary/aromatic N) is 4. The van der Waals surface area contributed by atoms with Gasteiger partial charge in [0.15, 0.2) is 5.82 Å². The van der Waals surface area contributed by atoms with E-state index in [-0.39, 0.29) is 48.4 Å². The first-order valence-corrected chi connectivity index (χ1v) is 11.2. The molecular formula is C24H32Cl2N6O2. The molecule has 3 aromatic rings. The van der Waals surface area contributed by atoms with Crippen molar-refractivity contribution in [1.82, 2.24) is 30.0 Å². The first kappa shape index (κ1) is 27.6. The molecule has 1 amide bonds. The summed E-state index contributed by atoms with van der Waals surface area (Å²) in [7, 11) is 0. The van der Waals surface area contributed by atoms with Crippen molar-refractivity contribution in [2.75, 3.05) is 13.1 Å². The molecule has 0 saturated carbocycles. The van der Waals surface area contributed by atoms with E-state index in [9.17, 15) is 9.59 Å². The summed E-state index contributed by atoms with van der Waals surface area (Å²) in [5.41, 5.74) is 1.87. The van der Waals surface area contributed by atoms with Crippen molar-refractivity contribution >= 4 is 30.7 Å². The van der Waals surface area contributed by atoms with Crippen molar-refractivity contribution in [2.45, 2.75) is 45.8 Å². The van der Waals surface area contributed by atoms with Gasteiger partial charge >= 0.3 is 0 Å². The van der Waals surface area contributed by atoms with Gasteiger partial charge in [0.2, 0.25) is 0 Å². The van der Waals surface area contributed by atoms with E-state index in [0.29, 0.717) is 23.9 Å². The molecule has 2 aromatic heterocycles. The first-order valence-electron chi connectivity index (χ1n) is 11.2. The molecule has 8 nitrogen and oxygen atoms in total. The molecule has 1 atom stereocenters. The fraction of sp³-hybridized carbons (Fsp3) is 0.417. The van der Waals surface area contributed by atoms with Gasteiger partial charge in [-0.1, -0.05) is 30.3 Å². The number of carbonyl (C=O) groups excluding carboxylic acids is 1. The summed E-state index contributed by atoms with van der Waals surface area (Å²) in [6, 6.07) is 12.0. The number of carbonyl (C=O) groups is 1. The number of rotatable bonds is 8. The normalized spacial score (nSPS) is 15.1. The molecule has 3 heterocycles. The molecule has 1 aromatic carbocycles. The lowest BCUT2D eigenvalue weighted by molar-refractivity contribution is 0.0946. The van der Waals surface area contributed by atoms with Crippen LogP contribution in [0.1, 0.15) is 40.2 Å². The Morgan fingerprint density at radius 2 is 1.97 bits per heavy atom. The van der Waals surface area contributed by atoms with Crippen molar-refractivity contribution in [3.05, 3.63) is 81.8 Å². The molecule has 0 bridgehead atoms. The number of benzene rings is 1. The molecule has 184 valence electrons. The van der Waals surface area contributed by atoms with Gasteiger partial charge in [0.1, 0.15) is 11.9 Å². The van der Waals surface area contributed by atoms with Crippen molar-refractivity contribution in [2.24, 2.45) is 5.92 Å². The molecule has 4 rings (SSSR count). The van der Waals surface area contributed by atoms with Gasteiger partial charge in [-0.2, -0.15) is 0 Å². The molecule has 10 heteroatoms. The SMILES string of the molecule is Cc1ccn(CC2CCCNC2)c(=O)c1C(=O)NCc1nncn1CCc1ccccc1.Cl.Cl. The Bertz CT molecular complexity index is 1110. The predicted molar refractivity (Wildman–Crippen MR) is 137 cm³/mol. The van der Waals surface area contributed by atoms with E-state index < -0.39 is 0 Å². The van der Waals surface area contributed by atoms with Gasteiger partial charge in [0, 0.05) is 19.3 Å². The minimum absolute atomic E-state index is 0. The van der Waals surface area contributed by atoms with Crippen molar-refractivity contribution in [3.8, 4) is 0 Å². The number of nitrogens with one attached hydrogen (secondary N) is 2. The summed E-state index contributed by atoms with van der Waals surface area (Å²) < 4.78 is 3.60. The summed E-state index contributed by atoms with van der Waals surface area (Å²) in [4.78, 5) is 26.0. The summed E-state index contributed by atoms with van der Waals surface area (Å²) >= 11 is 0. The van der Waals surface area contributed by atoms with Gasteiger partial charge in [-0.15, -0.1) is 35.0 Å². The molecule has 0 radical (unpaired) electrons. The molecule has 0 spiro atoms. The zero-order valence-electron chi connectivity index (χ0n) is 19.3. The van der Waals surface area contributed by atoms with Crippen LogP contribution in [0.5, 0.6) is 0 Å². The Kier molecular flexibility index (Phi) is 10.8. The largest absolute Gasteiger partial charge is 0.345 e. The minimum atomic E-state index is -0.374. The second-order valence-electron chi connectivity index (χ2n) is 8.40. The van der Waals surface area contributed by atoms with Crippen LogP contribution >= 0.6 is 24.8 Å². The average molecular weight is 507 g/mol. The van der Waals surface area contributed by atoms with Crippen molar-refractivity contribution in [3.63, 3.8) is 0 Å². The first-order chi connectivity index (χ1) is 15.6. The van der Waals surface area contributed by atoms with E-state index in [4.69, 9.17) is 0 Å². The topological polar surface area (TPSA) is 93.8 Å². The Hall–Kier alpha value is -2.68. The Labute approximate surface area is 212 Å². The van der Waals surface area contributed by atoms with Crippen LogP contribution in [-0.2, 0) is 26.1 Å². The smallest absolute Gasteiger partial charge is 0.263 e. The van der Waals surface area contributed by atoms with E-state index in [1.807, 2.05) is 28.8 Å². The lowest BCUT2D eigenvalue weighted by Crippen LogP contribution is -2.38. The van der Waals surface area contributed by atoms with Crippen molar-refractivity contribution < 1.29 is 4.79 Å². The summed E-state index contributed by atoms with van der Waals surface area (Å²) in [6.07, 6.45) is 6.52. The van der Waals surface area contributed by atoms with E-state index in [0.717, 1.165) is 38.9 Å². The van der Waals surface area contributed by atoms with Crippen LogP contribution in [-0.4, -0.2) is 38.3 Å². The van der Waals surface area contributed by atoms with Gasteiger partial charge < -0.3 is 19.8 Å². The zero-order chi connectivity index (χ0) is 22.3. The van der Waals surface area contributed by atoms with Crippen LogP contribution in [0, 0.1) is 12.8 Å². The number of piperidine rings is 1. The lowest BCUT2D eigenvalue weighted by Gasteiger charge is -2.23. The molecule has 1 aliphatic rings. The lowest BCUT2D eigenvalue weighted by atomic mass is 9.99. The summed E-state index contributed by atoms with van der Waals surface area (Å²) in [5, 5.41) is 14.4. The Morgan fingerprint density at radius 3 is 2.71 bits per heavy atom. The highest BCUT2D eigenvalue weighted by molar-refractivity contribution is 5.95. The fourth-order valence-electron chi connectivity index (χ4n) is 4.19. The zero-order valence-corrected chi connectivity index (χ0v) is 20.9. The molecule has 34 heavy (non-hydrogen) atoms. The van der Waals surface area contributed by atoms with Gasteiger partial charge in [0.25, 0.3) is 11.5 Å². The highest BCUT2D eigenvalue weighted by Crippen LogP contribution is 2.12. The maximum atomic E-state index is 13.0. The third-order valence-corrected chi connectivity index (χ3v) is 6.04. The number of hydrogen-bond donors (Lipinski definition) is 2. The van der Waals surface area contributed by atoms with Crippen LogP contribution in [0.3, 0.4) is 0 Å². The molecule has 1 aliphatic heterocycles. The van der Waals surface area contributed by atoms with Crippen LogP contribution in [0.2, 0.25) is 0 Å². The van der Waals surface area contributed by atoms with Gasteiger partial charge in [-0.05, 0) is 62.4 Å². The molecule has 0 aliphatic carbocycles. The Morgan fingerprint density at radius 1 is 1.18 bits per heavy atom. The highest BCUT2D eigenvalue weighted by atomic mass is 35.5. The van der Waals surface area contributed by atoms with E-state index in [2.05, 4.69) is 33.0 Å². The van der Waals surface area contributed by atoms with E-state index >= 15 is 0 Å². The quantitative estimate of drug-likeness (QED) is 0.489. The van der Waals surface area contributed by atoms with Crippen LogP contribution in [0.15, 0.2) is 53.7 Å². The summed E-state index contributed by atoms with van der Waals surface area (Å²) in [5.74, 6) is 0.695. The number of amides is 1. The third-order valence-electron chi connectivity index (χ3n) is 6.04. The predicted octanol–water partition coefficient (Wildman–Crippen LogP) is 2.76. The van der Waals surface area contributed by atoms with Crippen molar-refractivity contribution in [1.29, 1.82) is 0 Å². The maximum Gasteiger partial charge on any atom is 0.263 e. The van der Waals surface area contributed by atoms with Crippen LogP contribution in [0.4, 0.5) is 0 Å².